The van der Waals surface area contributed by atoms with Crippen molar-refractivity contribution >= 4 is 29.2 Å². The van der Waals surface area contributed by atoms with Gasteiger partial charge in [-0.25, -0.2) is 0 Å². The van der Waals surface area contributed by atoms with Crippen LogP contribution in [0.5, 0.6) is 0 Å². The van der Waals surface area contributed by atoms with Gasteiger partial charge in [0.25, 0.3) is 17.4 Å². The van der Waals surface area contributed by atoms with Crippen LogP contribution in [0.25, 0.3) is 5.69 Å². The second-order valence-corrected chi connectivity index (χ2v) is 6.09. The third-order valence-corrected chi connectivity index (χ3v) is 4.27. The number of nitrogen functional groups attached to an aromatic ring is 1. The van der Waals surface area contributed by atoms with E-state index in [-0.39, 0.29) is 28.8 Å². The number of pyridine rings is 1. The molecule has 8 nitrogen and oxygen atoms in total. The lowest BCUT2D eigenvalue weighted by Gasteiger charge is -2.13. The number of benzene rings is 1. The molecule has 4 N–H and O–H groups in total. The highest BCUT2D eigenvalue weighted by molar-refractivity contribution is 6.23. The highest BCUT2D eigenvalue weighted by Crippen LogP contribution is 2.30. The molecule has 1 aliphatic heterocycles. The van der Waals surface area contributed by atoms with Crippen LogP contribution >= 0.6 is 0 Å². The van der Waals surface area contributed by atoms with E-state index in [1.54, 1.807) is 24.3 Å². The average Bonchev–Trinajstić information content (AvgIpc) is 3.35. The summed E-state index contributed by atoms with van der Waals surface area (Å²) in [5.74, 6) is -1.40. The lowest BCUT2D eigenvalue weighted by Crippen LogP contribution is -2.24. The third-order valence-electron chi connectivity index (χ3n) is 4.27. The number of rotatable bonds is 3. The van der Waals surface area contributed by atoms with Crippen molar-refractivity contribution in [2.24, 2.45) is 5.92 Å². The number of nitrogens with zero attached hydrogens (tertiary/aromatic N) is 1. The molecule has 2 aliphatic rings. The number of aromatic nitrogens is 1. The van der Waals surface area contributed by atoms with Crippen LogP contribution in [0.15, 0.2) is 35.1 Å². The van der Waals surface area contributed by atoms with E-state index in [1.165, 1.54) is 0 Å². The van der Waals surface area contributed by atoms with Crippen molar-refractivity contribution in [1.82, 2.24) is 9.88 Å². The predicted molar refractivity (Wildman–Crippen MR) is 89.6 cm³/mol. The molecule has 0 atom stereocenters. The van der Waals surface area contributed by atoms with E-state index in [1.807, 2.05) is 0 Å². The average molecular weight is 338 g/mol. The summed E-state index contributed by atoms with van der Waals surface area (Å²) in [6, 6.07) is 7.68. The zero-order valence-electron chi connectivity index (χ0n) is 13.0. The van der Waals surface area contributed by atoms with Crippen LogP contribution < -0.4 is 21.9 Å². The molecule has 0 saturated heterocycles. The maximum atomic E-state index is 12.4. The number of hydrogen-bond donors (Lipinski definition) is 3. The molecule has 1 aromatic carbocycles. The quantitative estimate of drug-likeness (QED) is 0.709. The summed E-state index contributed by atoms with van der Waals surface area (Å²) < 4.78 is 1.14. The predicted octanol–water partition coefficient (Wildman–Crippen LogP) is 0.652. The van der Waals surface area contributed by atoms with E-state index in [9.17, 15) is 19.2 Å². The van der Waals surface area contributed by atoms with Gasteiger partial charge in [-0.2, -0.15) is 0 Å². The van der Waals surface area contributed by atoms with Gasteiger partial charge in [0.15, 0.2) is 0 Å². The van der Waals surface area contributed by atoms with Crippen LogP contribution in [0.3, 0.4) is 0 Å². The maximum Gasteiger partial charge on any atom is 0.262 e. The maximum absolute atomic E-state index is 12.4. The van der Waals surface area contributed by atoms with Crippen LogP contribution in [-0.4, -0.2) is 22.3 Å². The Morgan fingerprint density at radius 1 is 1.16 bits per heavy atom. The smallest absolute Gasteiger partial charge is 0.262 e. The minimum Gasteiger partial charge on any atom is -0.384 e. The van der Waals surface area contributed by atoms with Crippen LogP contribution in [0, 0.1) is 5.92 Å². The molecule has 1 saturated carbocycles. The summed E-state index contributed by atoms with van der Waals surface area (Å²) in [7, 11) is 0. The summed E-state index contributed by atoms with van der Waals surface area (Å²) in [5.41, 5.74) is 6.34. The Morgan fingerprint density at radius 3 is 2.64 bits per heavy atom. The first-order valence-corrected chi connectivity index (χ1v) is 7.78. The van der Waals surface area contributed by atoms with E-state index in [2.05, 4.69) is 10.6 Å². The van der Waals surface area contributed by atoms with E-state index in [0.29, 0.717) is 11.4 Å². The van der Waals surface area contributed by atoms with Crippen LogP contribution in [-0.2, 0) is 4.79 Å². The Morgan fingerprint density at radius 2 is 1.92 bits per heavy atom. The molecule has 126 valence electrons. The van der Waals surface area contributed by atoms with Gasteiger partial charge in [-0.1, -0.05) is 6.07 Å². The number of carbonyl (C=O) groups is 3. The normalized spacial score (nSPS) is 15.7. The molecule has 25 heavy (non-hydrogen) atoms. The minimum atomic E-state index is -0.638. The van der Waals surface area contributed by atoms with Gasteiger partial charge in [-0.3, -0.25) is 29.1 Å². The van der Waals surface area contributed by atoms with Crippen molar-refractivity contribution < 1.29 is 14.4 Å². The van der Waals surface area contributed by atoms with Gasteiger partial charge in [0.05, 0.1) is 16.8 Å². The molecule has 0 bridgehead atoms. The van der Waals surface area contributed by atoms with Crippen molar-refractivity contribution in [3.63, 3.8) is 0 Å². The van der Waals surface area contributed by atoms with Gasteiger partial charge < -0.3 is 11.1 Å². The second kappa shape index (κ2) is 5.30. The number of carbonyl (C=O) groups excluding carboxylic acids is 3. The zero-order valence-corrected chi connectivity index (χ0v) is 13.0. The highest BCUT2D eigenvalue weighted by Gasteiger charge is 2.32. The van der Waals surface area contributed by atoms with E-state index in [4.69, 9.17) is 5.73 Å². The first-order valence-electron chi connectivity index (χ1n) is 7.78. The molecular weight excluding hydrogens is 324 g/mol. The number of amides is 3. The Labute approximate surface area is 141 Å². The van der Waals surface area contributed by atoms with E-state index < -0.39 is 17.4 Å². The SMILES string of the molecule is Nc1c2c(cc(=O)n1-c1cccc(NC(=O)C3CC3)c1)C(=O)NC2=O. The standard InChI is InChI=1S/C17H14N4O4/c18-14-13-11(16(24)20-17(13)25)7-12(22)21(14)10-3-1-2-9(6-10)19-15(23)8-4-5-8/h1-3,6-8H,4-5,18H2,(H,19,23)(H,20,24,25). The highest BCUT2D eigenvalue weighted by atomic mass is 16.2. The summed E-state index contributed by atoms with van der Waals surface area (Å²) in [6.45, 7) is 0. The van der Waals surface area contributed by atoms with Crippen molar-refractivity contribution in [3.05, 3.63) is 51.8 Å². The van der Waals surface area contributed by atoms with Gasteiger partial charge in [-0.15, -0.1) is 0 Å². The largest absolute Gasteiger partial charge is 0.384 e. The fourth-order valence-electron chi connectivity index (χ4n) is 2.86. The van der Waals surface area contributed by atoms with Crippen LogP contribution in [0.1, 0.15) is 33.6 Å². The lowest BCUT2D eigenvalue weighted by molar-refractivity contribution is -0.117. The molecule has 0 unspecified atom stereocenters. The van der Waals surface area contributed by atoms with Gasteiger partial charge in [0.1, 0.15) is 5.82 Å². The topological polar surface area (TPSA) is 123 Å². The number of nitrogens with two attached hydrogens (primary N) is 1. The summed E-state index contributed by atoms with van der Waals surface area (Å²) in [5, 5.41) is 4.91. The molecule has 1 aliphatic carbocycles. The van der Waals surface area contributed by atoms with Crippen LogP contribution in [0.4, 0.5) is 11.5 Å². The molecule has 8 heteroatoms. The third kappa shape index (κ3) is 2.47. The van der Waals surface area contributed by atoms with Gasteiger partial charge in [-0.05, 0) is 31.0 Å². The van der Waals surface area contributed by atoms with Gasteiger partial charge in [0, 0.05) is 17.7 Å². The molecule has 0 radical (unpaired) electrons. The Balaban J connectivity index is 1.79. The Hall–Kier alpha value is -3.42. The summed E-state index contributed by atoms with van der Waals surface area (Å²) in [6.07, 6.45) is 1.76. The summed E-state index contributed by atoms with van der Waals surface area (Å²) >= 11 is 0. The first kappa shape index (κ1) is 15.1. The molecule has 0 spiro atoms. The monoisotopic (exact) mass is 338 g/mol. The molecular formula is C17H14N4O4. The van der Waals surface area contributed by atoms with Crippen molar-refractivity contribution in [1.29, 1.82) is 0 Å². The number of fused-ring (bicyclic) bond motifs is 1. The first-order chi connectivity index (χ1) is 12.0. The summed E-state index contributed by atoms with van der Waals surface area (Å²) in [4.78, 5) is 47.9. The van der Waals surface area contributed by atoms with E-state index >= 15 is 0 Å². The molecule has 2 aromatic rings. The lowest BCUT2D eigenvalue weighted by atomic mass is 10.1. The molecule has 3 amide bonds. The number of anilines is 2. The fraction of sp³-hybridized carbons (Fsp3) is 0.176. The van der Waals surface area contributed by atoms with Gasteiger partial charge >= 0.3 is 0 Å². The Kier molecular flexibility index (Phi) is 3.21. The zero-order chi connectivity index (χ0) is 17.7. The van der Waals surface area contributed by atoms with Crippen molar-refractivity contribution in [2.45, 2.75) is 12.8 Å². The second-order valence-electron chi connectivity index (χ2n) is 6.09. The van der Waals surface area contributed by atoms with Gasteiger partial charge in [0.2, 0.25) is 5.91 Å². The number of imide groups is 1. The number of nitrogens with one attached hydrogen (secondary N) is 2. The molecule has 2 heterocycles. The van der Waals surface area contributed by atoms with Crippen molar-refractivity contribution in [2.75, 3.05) is 11.1 Å². The fourth-order valence-corrected chi connectivity index (χ4v) is 2.86. The minimum absolute atomic E-state index is 0.0166. The Bertz CT molecular complexity index is 1000. The molecule has 1 aromatic heterocycles. The van der Waals surface area contributed by atoms with Crippen LogP contribution in [0.2, 0.25) is 0 Å². The molecule has 4 rings (SSSR count). The van der Waals surface area contributed by atoms with Crippen molar-refractivity contribution in [3.8, 4) is 5.69 Å². The number of hydrogen-bond acceptors (Lipinski definition) is 5. The molecule has 1 fully saturated rings. The van der Waals surface area contributed by atoms with E-state index in [0.717, 1.165) is 23.5 Å².